The number of para-hydroxylation sites is 1. The van der Waals surface area contributed by atoms with Crippen LogP contribution in [0.15, 0.2) is 29.2 Å². The first-order valence-electron chi connectivity index (χ1n) is 7.51. The van der Waals surface area contributed by atoms with E-state index in [0.717, 1.165) is 4.90 Å². The molecule has 0 spiro atoms. The molecular formula is C16H20N2O5S. The number of amides is 2. The lowest BCUT2D eigenvalue weighted by atomic mass is 10.2. The first kappa shape index (κ1) is 18.3. The number of hydrogen-bond acceptors (Lipinski definition) is 6. The molecule has 1 aliphatic heterocycles. The minimum Gasteiger partial charge on any atom is -0.451 e. The summed E-state index contributed by atoms with van der Waals surface area (Å²) in [6, 6.07) is 7.37. The van der Waals surface area contributed by atoms with E-state index in [9.17, 15) is 14.4 Å². The van der Waals surface area contributed by atoms with Crippen LogP contribution in [0, 0.1) is 0 Å². The third kappa shape index (κ3) is 4.72. The average Bonchev–Trinajstić information content (AvgIpc) is 2.57. The Kier molecular flexibility index (Phi) is 6.62. The minimum absolute atomic E-state index is 0.159. The molecule has 0 aromatic heterocycles. The number of thioether (sulfide) groups is 1. The van der Waals surface area contributed by atoms with Gasteiger partial charge in [-0.25, -0.2) is 0 Å². The molecule has 2 amide bonds. The van der Waals surface area contributed by atoms with Crippen LogP contribution < -0.4 is 10.2 Å². The number of fused-ring (bicyclic) bond motifs is 1. The van der Waals surface area contributed by atoms with Crippen molar-refractivity contribution in [1.82, 2.24) is 5.32 Å². The highest BCUT2D eigenvalue weighted by Gasteiger charge is 2.28. The SMILES string of the molecule is COCCNC(=O)[C@@H](C)OC(=O)CN1C(=O)CSc2ccccc21. The van der Waals surface area contributed by atoms with Gasteiger partial charge in [0.05, 0.1) is 18.0 Å². The first-order valence-corrected chi connectivity index (χ1v) is 8.49. The van der Waals surface area contributed by atoms with Crippen molar-refractivity contribution >= 4 is 35.2 Å². The van der Waals surface area contributed by atoms with Crippen LogP contribution in [0.5, 0.6) is 0 Å². The number of methoxy groups -OCH3 is 1. The minimum atomic E-state index is -0.932. The van der Waals surface area contributed by atoms with E-state index >= 15 is 0 Å². The van der Waals surface area contributed by atoms with Crippen molar-refractivity contribution in [2.24, 2.45) is 0 Å². The number of carbonyl (C=O) groups is 3. The normalized spacial score (nSPS) is 14.8. The number of anilines is 1. The third-order valence-corrected chi connectivity index (χ3v) is 4.43. The maximum absolute atomic E-state index is 12.1. The van der Waals surface area contributed by atoms with E-state index < -0.39 is 18.0 Å². The highest BCUT2D eigenvalue weighted by atomic mass is 32.2. The number of nitrogens with one attached hydrogen (secondary N) is 1. The van der Waals surface area contributed by atoms with Crippen molar-refractivity contribution in [1.29, 1.82) is 0 Å². The molecule has 1 N–H and O–H groups in total. The topological polar surface area (TPSA) is 84.9 Å². The number of carbonyl (C=O) groups excluding carboxylic acids is 3. The van der Waals surface area contributed by atoms with E-state index in [-0.39, 0.29) is 18.2 Å². The fraction of sp³-hybridized carbons (Fsp3) is 0.438. The monoisotopic (exact) mass is 352 g/mol. The first-order chi connectivity index (χ1) is 11.5. The van der Waals surface area contributed by atoms with Crippen molar-refractivity contribution < 1.29 is 23.9 Å². The van der Waals surface area contributed by atoms with Gasteiger partial charge in [0.25, 0.3) is 5.91 Å². The molecule has 0 bridgehead atoms. The molecule has 7 nitrogen and oxygen atoms in total. The molecule has 2 rings (SSSR count). The quantitative estimate of drug-likeness (QED) is 0.578. The molecular weight excluding hydrogens is 332 g/mol. The zero-order valence-corrected chi connectivity index (χ0v) is 14.4. The predicted octanol–water partition coefficient (Wildman–Crippen LogP) is 0.820. The highest BCUT2D eigenvalue weighted by Crippen LogP contribution is 2.34. The van der Waals surface area contributed by atoms with E-state index in [4.69, 9.17) is 9.47 Å². The van der Waals surface area contributed by atoms with E-state index in [1.165, 1.54) is 30.7 Å². The fourth-order valence-electron chi connectivity index (χ4n) is 2.16. The molecule has 24 heavy (non-hydrogen) atoms. The van der Waals surface area contributed by atoms with Gasteiger partial charge in [0.1, 0.15) is 6.54 Å². The second kappa shape index (κ2) is 8.70. The number of rotatable bonds is 7. The zero-order chi connectivity index (χ0) is 17.5. The van der Waals surface area contributed by atoms with E-state index in [1.54, 1.807) is 6.07 Å². The third-order valence-electron chi connectivity index (χ3n) is 3.38. The van der Waals surface area contributed by atoms with Crippen molar-refractivity contribution in [3.8, 4) is 0 Å². The Balaban J connectivity index is 1.92. The summed E-state index contributed by atoms with van der Waals surface area (Å²) in [5, 5.41) is 2.59. The molecule has 1 aliphatic rings. The highest BCUT2D eigenvalue weighted by molar-refractivity contribution is 8.00. The van der Waals surface area contributed by atoms with Crippen LogP contribution in [0.4, 0.5) is 5.69 Å². The predicted molar refractivity (Wildman–Crippen MR) is 90.0 cm³/mol. The number of esters is 1. The van der Waals surface area contributed by atoms with E-state index in [2.05, 4.69) is 5.32 Å². The van der Waals surface area contributed by atoms with Gasteiger partial charge in [-0.05, 0) is 19.1 Å². The molecule has 1 heterocycles. The van der Waals surface area contributed by atoms with Crippen LogP contribution in [0.3, 0.4) is 0 Å². The second-order valence-electron chi connectivity index (χ2n) is 5.15. The lowest BCUT2D eigenvalue weighted by molar-refractivity contribution is -0.153. The summed E-state index contributed by atoms with van der Waals surface area (Å²) in [4.78, 5) is 38.3. The van der Waals surface area contributed by atoms with Crippen molar-refractivity contribution in [2.75, 3.05) is 37.5 Å². The van der Waals surface area contributed by atoms with Gasteiger partial charge in [-0.1, -0.05) is 12.1 Å². The fourth-order valence-corrected chi connectivity index (χ4v) is 3.10. The van der Waals surface area contributed by atoms with Crippen LogP contribution in [-0.2, 0) is 23.9 Å². The molecule has 1 aromatic carbocycles. The average molecular weight is 352 g/mol. The number of benzene rings is 1. The van der Waals surface area contributed by atoms with Crippen LogP contribution in [0.25, 0.3) is 0 Å². The maximum atomic E-state index is 12.1. The van der Waals surface area contributed by atoms with Crippen molar-refractivity contribution in [3.63, 3.8) is 0 Å². The molecule has 0 radical (unpaired) electrons. The molecule has 0 saturated carbocycles. The van der Waals surface area contributed by atoms with E-state index in [0.29, 0.717) is 18.8 Å². The van der Waals surface area contributed by atoms with Crippen LogP contribution in [-0.4, -0.2) is 56.4 Å². The van der Waals surface area contributed by atoms with Gasteiger partial charge >= 0.3 is 5.97 Å². The maximum Gasteiger partial charge on any atom is 0.326 e. The van der Waals surface area contributed by atoms with Crippen molar-refractivity contribution in [2.45, 2.75) is 17.9 Å². The van der Waals surface area contributed by atoms with E-state index in [1.807, 2.05) is 18.2 Å². The van der Waals surface area contributed by atoms with Crippen LogP contribution in [0.1, 0.15) is 6.92 Å². The standard InChI is InChI=1S/C16H20N2O5S/c1-11(16(21)17-7-8-22-2)23-15(20)9-18-12-5-3-4-6-13(12)24-10-14(18)19/h3-6,11H,7-10H2,1-2H3,(H,17,21)/t11-/m1/s1. The molecule has 0 unspecified atom stereocenters. The second-order valence-corrected chi connectivity index (χ2v) is 6.17. The molecule has 1 aromatic rings. The van der Waals surface area contributed by atoms with Gasteiger partial charge in [0.15, 0.2) is 6.10 Å². The van der Waals surface area contributed by atoms with Crippen LogP contribution >= 0.6 is 11.8 Å². The van der Waals surface area contributed by atoms with Crippen molar-refractivity contribution in [3.05, 3.63) is 24.3 Å². The molecule has 0 aliphatic carbocycles. The summed E-state index contributed by atoms with van der Waals surface area (Å²) in [5.41, 5.74) is 0.688. The molecule has 8 heteroatoms. The Morgan fingerprint density at radius 3 is 2.88 bits per heavy atom. The van der Waals surface area contributed by atoms with Gasteiger partial charge in [0, 0.05) is 18.6 Å². The number of nitrogens with zero attached hydrogens (tertiary/aromatic N) is 1. The Morgan fingerprint density at radius 1 is 1.38 bits per heavy atom. The number of hydrogen-bond donors (Lipinski definition) is 1. The lowest BCUT2D eigenvalue weighted by Crippen LogP contribution is -2.43. The molecule has 1 atom stereocenters. The van der Waals surface area contributed by atoms with Crippen LogP contribution in [0.2, 0.25) is 0 Å². The molecule has 0 saturated heterocycles. The van der Waals surface area contributed by atoms with Gasteiger partial charge in [-0.2, -0.15) is 0 Å². The summed E-state index contributed by atoms with van der Waals surface area (Å²) in [6.45, 7) is 1.99. The number of ether oxygens (including phenoxy) is 2. The van der Waals surface area contributed by atoms with Gasteiger partial charge in [-0.3, -0.25) is 19.3 Å². The summed E-state index contributed by atoms with van der Waals surface area (Å²) < 4.78 is 9.95. The van der Waals surface area contributed by atoms with Gasteiger partial charge in [0.2, 0.25) is 5.91 Å². The Bertz CT molecular complexity index is 622. The largest absolute Gasteiger partial charge is 0.451 e. The van der Waals surface area contributed by atoms with Gasteiger partial charge < -0.3 is 14.8 Å². The zero-order valence-electron chi connectivity index (χ0n) is 13.6. The molecule has 0 fully saturated rings. The summed E-state index contributed by atoms with van der Waals surface area (Å²) in [6.07, 6.45) is -0.932. The molecule has 130 valence electrons. The Hall–Kier alpha value is -2.06. The smallest absolute Gasteiger partial charge is 0.326 e. The Labute approximate surface area is 144 Å². The summed E-state index contributed by atoms with van der Waals surface area (Å²) >= 11 is 1.44. The summed E-state index contributed by atoms with van der Waals surface area (Å²) in [7, 11) is 1.53. The summed E-state index contributed by atoms with van der Waals surface area (Å²) in [5.74, 6) is -0.911. The van der Waals surface area contributed by atoms with Gasteiger partial charge in [-0.15, -0.1) is 11.8 Å². The Morgan fingerprint density at radius 2 is 2.12 bits per heavy atom. The lowest BCUT2D eigenvalue weighted by Gasteiger charge is -2.28.